The summed E-state index contributed by atoms with van der Waals surface area (Å²) in [6.07, 6.45) is 2.86. The lowest BCUT2D eigenvalue weighted by Crippen LogP contribution is -2.15. The van der Waals surface area contributed by atoms with E-state index in [1.807, 2.05) is 32.0 Å². The Labute approximate surface area is 185 Å². The molecule has 0 atom stereocenters. The van der Waals surface area contributed by atoms with Gasteiger partial charge in [-0.05, 0) is 45.4 Å². The summed E-state index contributed by atoms with van der Waals surface area (Å²) in [4.78, 5) is -0.279. The van der Waals surface area contributed by atoms with Gasteiger partial charge in [0.1, 0.15) is 4.90 Å². The molecule has 9 nitrogen and oxygen atoms in total. The highest BCUT2D eigenvalue weighted by Crippen LogP contribution is 2.29. The van der Waals surface area contributed by atoms with Crippen LogP contribution in [0.25, 0.3) is 0 Å². The summed E-state index contributed by atoms with van der Waals surface area (Å²) in [6.45, 7) is 4.83. The third kappa shape index (κ3) is 5.01. The van der Waals surface area contributed by atoms with Crippen molar-refractivity contribution in [2.75, 3.05) is 17.9 Å². The van der Waals surface area contributed by atoms with Crippen molar-refractivity contribution in [1.82, 2.24) is 19.6 Å². The number of aryl methyl sites for hydroxylation is 1. The number of hydrogen-bond acceptors (Lipinski definition) is 6. The van der Waals surface area contributed by atoms with Crippen LogP contribution in [-0.4, -0.2) is 41.2 Å². The molecule has 0 aliphatic carbocycles. The van der Waals surface area contributed by atoms with Crippen LogP contribution in [0.2, 0.25) is 0 Å². The number of alkyl halides is 2. The molecule has 0 unspecified atom stereocenters. The number of anilines is 1. The first-order chi connectivity index (χ1) is 15.2. The molecule has 0 fully saturated rings. The molecular formula is C20H25F2N5O4S. The standard InChI is InChI=1S/C20H25F2N5O4S/c1-5-30-17-8-7-15(9-18(17)31-6-2)11-26-12-16(10-23-26)25-32(28,29)19-13(3)24-27(14(19)4)20(21)22/h7-10,12,20,25H,5-6,11H2,1-4H3. The Morgan fingerprint density at radius 2 is 1.81 bits per heavy atom. The van der Waals surface area contributed by atoms with Crippen LogP contribution in [0.4, 0.5) is 14.5 Å². The van der Waals surface area contributed by atoms with Gasteiger partial charge in [-0.2, -0.15) is 19.0 Å². The van der Waals surface area contributed by atoms with Gasteiger partial charge in [0.05, 0.1) is 43.0 Å². The molecule has 0 spiro atoms. The van der Waals surface area contributed by atoms with Crippen molar-refractivity contribution in [1.29, 1.82) is 0 Å². The van der Waals surface area contributed by atoms with Gasteiger partial charge in [0.2, 0.25) is 0 Å². The van der Waals surface area contributed by atoms with E-state index in [-0.39, 0.29) is 22.0 Å². The van der Waals surface area contributed by atoms with Crippen molar-refractivity contribution < 1.29 is 26.7 Å². The van der Waals surface area contributed by atoms with E-state index in [1.165, 1.54) is 26.2 Å². The molecule has 1 N–H and O–H groups in total. The number of sulfonamides is 1. The molecule has 0 amide bonds. The minimum absolute atomic E-state index is 0.0134. The average molecular weight is 470 g/mol. The topological polar surface area (TPSA) is 100 Å². The first-order valence-corrected chi connectivity index (χ1v) is 11.4. The molecule has 3 rings (SSSR count). The maximum atomic E-state index is 13.0. The average Bonchev–Trinajstić information content (AvgIpc) is 3.27. The third-order valence-corrected chi connectivity index (χ3v) is 6.18. The Hall–Kier alpha value is -3.15. The Morgan fingerprint density at radius 1 is 1.12 bits per heavy atom. The van der Waals surface area contributed by atoms with Crippen LogP contribution >= 0.6 is 0 Å². The number of benzene rings is 1. The van der Waals surface area contributed by atoms with E-state index < -0.39 is 16.6 Å². The highest BCUT2D eigenvalue weighted by Gasteiger charge is 2.27. The summed E-state index contributed by atoms with van der Waals surface area (Å²) < 4.78 is 67.1. The van der Waals surface area contributed by atoms with Crippen molar-refractivity contribution in [3.8, 4) is 11.5 Å². The van der Waals surface area contributed by atoms with Gasteiger partial charge in [-0.1, -0.05) is 6.07 Å². The Bertz CT molecular complexity index is 1190. The third-order valence-electron chi connectivity index (χ3n) is 4.55. The second-order valence-corrected chi connectivity index (χ2v) is 8.52. The Morgan fingerprint density at radius 3 is 2.44 bits per heavy atom. The largest absolute Gasteiger partial charge is 0.490 e. The van der Waals surface area contributed by atoms with Crippen LogP contribution in [0.15, 0.2) is 35.5 Å². The molecule has 1 aromatic carbocycles. The molecule has 174 valence electrons. The predicted molar refractivity (Wildman–Crippen MR) is 114 cm³/mol. The van der Waals surface area contributed by atoms with Crippen molar-refractivity contribution in [2.24, 2.45) is 0 Å². The molecule has 0 saturated carbocycles. The number of ether oxygens (including phenoxy) is 2. The number of nitrogens with zero attached hydrogens (tertiary/aromatic N) is 4. The van der Waals surface area contributed by atoms with E-state index in [1.54, 1.807) is 4.68 Å². The Kier molecular flexibility index (Phi) is 7.02. The zero-order valence-electron chi connectivity index (χ0n) is 18.2. The number of halogens is 2. The summed E-state index contributed by atoms with van der Waals surface area (Å²) in [5.74, 6) is 1.25. The SMILES string of the molecule is CCOc1ccc(Cn2cc(NS(=O)(=O)c3c(C)nn(C(F)F)c3C)cn2)cc1OCC. The van der Waals surface area contributed by atoms with E-state index in [2.05, 4.69) is 14.9 Å². The zero-order valence-corrected chi connectivity index (χ0v) is 19.0. The van der Waals surface area contributed by atoms with E-state index in [0.29, 0.717) is 35.9 Å². The van der Waals surface area contributed by atoms with Gasteiger partial charge in [-0.15, -0.1) is 0 Å². The molecule has 0 bridgehead atoms. The summed E-state index contributed by atoms with van der Waals surface area (Å²) in [7, 11) is -4.13. The fraction of sp³-hybridized carbons (Fsp3) is 0.400. The van der Waals surface area contributed by atoms with Gasteiger partial charge in [0.25, 0.3) is 10.0 Å². The highest BCUT2D eigenvalue weighted by atomic mass is 32.2. The molecule has 0 aliphatic heterocycles. The van der Waals surface area contributed by atoms with Gasteiger partial charge in [0, 0.05) is 6.20 Å². The van der Waals surface area contributed by atoms with Gasteiger partial charge in [-0.25, -0.2) is 13.1 Å². The molecule has 0 radical (unpaired) electrons. The quantitative estimate of drug-likeness (QED) is 0.486. The monoisotopic (exact) mass is 469 g/mol. The fourth-order valence-corrected chi connectivity index (χ4v) is 4.75. The minimum atomic E-state index is -4.13. The lowest BCUT2D eigenvalue weighted by atomic mass is 10.2. The summed E-state index contributed by atoms with van der Waals surface area (Å²) >= 11 is 0. The molecule has 32 heavy (non-hydrogen) atoms. The van der Waals surface area contributed by atoms with Crippen molar-refractivity contribution in [3.63, 3.8) is 0 Å². The van der Waals surface area contributed by atoms with Crippen LogP contribution in [0.5, 0.6) is 11.5 Å². The second kappa shape index (κ2) is 9.55. The number of rotatable bonds is 10. The van der Waals surface area contributed by atoms with Crippen molar-refractivity contribution >= 4 is 15.7 Å². The summed E-state index contributed by atoms with van der Waals surface area (Å²) in [5, 5.41) is 7.81. The van der Waals surface area contributed by atoms with Gasteiger partial charge in [-0.3, -0.25) is 9.40 Å². The molecule has 2 aromatic heterocycles. The Balaban J connectivity index is 1.79. The van der Waals surface area contributed by atoms with Crippen LogP contribution in [0, 0.1) is 13.8 Å². The maximum Gasteiger partial charge on any atom is 0.333 e. The van der Waals surface area contributed by atoms with Crippen LogP contribution < -0.4 is 14.2 Å². The van der Waals surface area contributed by atoms with Crippen LogP contribution in [0.1, 0.15) is 37.3 Å². The normalized spacial score (nSPS) is 11.7. The molecule has 3 aromatic rings. The summed E-state index contributed by atoms with van der Waals surface area (Å²) in [5.41, 5.74) is 0.916. The van der Waals surface area contributed by atoms with E-state index >= 15 is 0 Å². The van der Waals surface area contributed by atoms with Gasteiger partial charge in [0.15, 0.2) is 11.5 Å². The number of aromatic nitrogens is 4. The lowest BCUT2D eigenvalue weighted by molar-refractivity contribution is 0.0538. The predicted octanol–water partition coefficient (Wildman–Crippen LogP) is 3.74. The van der Waals surface area contributed by atoms with Crippen molar-refractivity contribution in [3.05, 3.63) is 47.5 Å². The van der Waals surface area contributed by atoms with Crippen LogP contribution in [0.3, 0.4) is 0 Å². The highest BCUT2D eigenvalue weighted by molar-refractivity contribution is 7.92. The molecular weight excluding hydrogens is 444 g/mol. The first kappa shape index (κ1) is 23.5. The molecule has 0 saturated heterocycles. The minimum Gasteiger partial charge on any atom is -0.490 e. The van der Waals surface area contributed by atoms with E-state index in [9.17, 15) is 17.2 Å². The van der Waals surface area contributed by atoms with Gasteiger partial charge < -0.3 is 9.47 Å². The fourth-order valence-electron chi connectivity index (χ4n) is 3.32. The van der Waals surface area contributed by atoms with E-state index in [0.717, 1.165) is 5.56 Å². The maximum absolute atomic E-state index is 13.0. The molecule has 0 aliphatic rings. The molecule has 12 heteroatoms. The summed E-state index contributed by atoms with van der Waals surface area (Å²) in [6, 6.07) is 5.51. The van der Waals surface area contributed by atoms with Crippen LogP contribution in [-0.2, 0) is 16.6 Å². The smallest absolute Gasteiger partial charge is 0.333 e. The lowest BCUT2D eigenvalue weighted by Gasteiger charge is -2.12. The zero-order chi connectivity index (χ0) is 23.5. The first-order valence-electron chi connectivity index (χ1n) is 9.93. The van der Waals surface area contributed by atoms with E-state index in [4.69, 9.17) is 9.47 Å². The number of hydrogen-bond donors (Lipinski definition) is 1. The second-order valence-electron chi connectivity index (χ2n) is 6.90. The number of nitrogens with one attached hydrogen (secondary N) is 1. The van der Waals surface area contributed by atoms with Crippen molar-refractivity contribution in [2.45, 2.75) is 45.7 Å². The molecule has 2 heterocycles. The van der Waals surface area contributed by atoms with Gasteiger partial charge >= 0.3 is 6.55 Å².